The van der Waals surface area contributed by atoms with Crippen molar-refractivity contribution in [1.82, 2.24) is 14.9 Å². The van der Waals surface area contributed by atoms with E-state index in [1.807, 2.05) is 42.6 Å². The molecule has 0 spiro atoms. The van der Waals surface area contributed by atoms with Crippen LogP contribution in [0, 0.1) is 27.7 Å². The van der Waals surface area contributed by atoms with Crippen molar-refractivity contribution in [3.05, 3.63) is 107 Å². The largest absolute Gasteiger partial charge is 0.506 e. The average Bonchev–Trinajstić information content (AvgIpc) is 3.29. The minimum Gasteiger partial charge on any atom is -0.506 e. The van der Waals surface area contributed by atoms with Crippen LogP contribution < -0.4 is 10.2 Å². The third-order valence-corrected chi connectivity index (χ3v) is 6.81. The normalized spacial score (nSPS) is 17.8. The van der Waals surface area contributed by atoms with Crippen molar-refractivity contribution in [1.29, 1.82) is 0 Å². The van der Waals surface area contributed by atoms with Crippen molar-refractivity contribution in [2.24, 2.45) is 0 Å². The van der Waals surface area contributed by atoms with Crippen LogP contribution in [-0.4, -0.2) is 19.8 Å². The van der Waals surface area contributed by atoms with Gasteiger partial charge in [0.25, 0.3) is 0 Å². The van der Waals surface area contributed by atoms with E-state index in [2.05, 4.69) is 71.7 Å². The zero-order valence-electron chi connectivity index (χ0n) is 19.8. The fourth-order valence-electron chi connectivity index (χ4n) is 5.15. The Morgan fingerprint density at radius 1 is 0.912 bits per heavy atom. The Morgan fingerprint density at radius 2 is 1.62 bits per heavy atom. The predicted octanol–water partition coefficient (Wildman–Crippen LogP) is 5.99. The van der Waals surface area contributed by atoms with Crippen LogP contribution in [0.15, 0.2) is 72.9 Å². The molecule has 0 aliphatic carbocycles. The van der Waals surface area contributed by atoms with E-state index in [1.54, 1.807) is 6.07 Å². The Labute approximate surface area is 205 Å². The lowest BCUT2D eigenvalue weighted by Gasteiger charge is -2.29. The number of phenols is 1. The number of aromatic hydroxyl groups is 1. The molecule has 2 aromatic carbocycles. The number of phenolic OH excluding ortho intramolecular Hbond substituents is 1. The van der Waals surface area contributed by atoms with Gasteiger partial charge in [-0.05, 0) is 99.1 Å². The first kappa shape index (κ1) is 22.2. The molecule has 0 bridgehead atoms. The third kappa shape index (κ3) is 3.74. The first-order valence-corrected chi connectivity index (χ1v) is 11.8. The Morgan fingerprint density at radius 3 is 2.29 bits per heavy atom. The number of nitrogens with zero attached hydrogens (tertiary/aromatic N) is 3. The second kappa shape index (κ2) is 8.61. The molecule has 1 aliphatic heterocycles. The predicted molar refractivity (Wildman–Crippen MR) is 141 cm³/mol. The standard InChI is InChI=1S/C28H28N4OS/c1-17-13-18(2)15-21(14-17)32-27(26(30-28(32)34)23-9-7-8-12-29-23)22-16-19(3)31(20(22)4)24-10-5-6-11-25(24)33/h5-16,26-27,33H,1-4H3,(H,30,34)/t26-,27-/m0/s1. The number of rotatable bonds is 4. The molecule has 2 aromatic heterocycles. The monoisotopic (exact) mass is 468 g/mol. The van der Waals surface area contributed by atoms with Crippen LogP contribution in [0.25, 0.3) is 5.69 Å². The smallest absolute Gasteiger partial charge is 0.174 e. The summed E-state index contributed by atoms with van der Waals surface area (Å²) in [7, 11) is 0. The molecule has 0 amide bonds. The van der Waals surface area contributed by atoms with Gasteiger partial charge in [0.15, 0.2) is 5.11 Å². The highest BCUT2D eigenvalue weighted by molar-refractivity contribution is 7.80. The summed E-state index contributed by atoms with van der Waals surface area (Å²) in [6.07, 6.45) is 1.82. The van der Waals surface area contributed by atoms with Gasteiger partial charge in [0.1, 0.15) is 5.75 Å². The Hall–Kier alpha value is -3.64. The minimum absolute atomic E-state index is 0.102. The van der Waals surface area contributed by atoms with Crippen molar-refractivity contribution in [2.75, 3.05) is 4.90 Å². The molecule has 5 rings (SSSR count). The minimum atomic E-state index is -0.118. The van der Waals surface area contributed by atoms with E-state index in [4.69, 9.17) is 12.2 Å². The van der Waals surface area contributed by atoms with Gasteiger partial charge < -0.3 is 19.9 Å². The molecule has 1 fully saturated rings. The van der Waals surface area contributed by atoms with Gasteiger partial charge in [-0.3, -0.25) is 4.98 Å². The lowest BCUT2D eigenvalue weighted by atomic mass is 9.96. The van der Waals surface area contributed by atoms with Crippen molar-refractivity contribution < 1.29 is 5.11 Å². The zero-order chi connectivity index (χ0) is 24.0. The van der Waals surface area contributed by atoms with E-state index in [0.29, 0.717) is 5.11 Å². The maximum atomic E-state index is 10.6. The van der Waals surface area contributed by atoms with Gasteiger partial charge in [-0.2, -0.15) is 0 Å². The van der Waals surface area contributed by atoms with Crippen LogP contribution in [-0.2, 0) is 0 Å². The topological polar surface area (TPSA) is 53.3 Å². The van der Waals surface area contributed by atoms with E-state index in [0.717, 1.165) is 34.0 Å². The zero-order valence-corrected chi connectivity index (χ0v) is 20.6. The number of hydrogen-bond acceptors (Lipinski definition) is 3. The molecular weight excluding hydrogens is 440 g/mol. The first-order chi connectivity index (χ1) is 16.3. The number of thiocarbonyl (C=S) groups is 1. The number of para-hydroxylation sites is 2. The van der Waals surface area contributed by atoms with Crippen LogP contribution in [0.1, 0.15) is 45.9 Å². The fourth-order valence-corrected chi connectivity index (χ4v) is 5.50. The van der Waals surface area contributed by atoms with Gasteiger partial charge in [0, 0.05) is 23.3 Å². The summed E-state index contributed by atoms with van der Waals surface area (Å²) >= 11 is 5.90. The molecule has 1 aliphatic rings. The van der Waals surface area contributed by atoms with Crippen molar-refractivity contribution in [3.63, 3.8) is 0 Å². The summed E-state index contributed by atoms with van der Waals surface area (Å²) in [4.78, 5) is 6.88. The molecule has 5 nitrogen and oxygen atoms in total. The Bertz CT molecular complexity index is 1360. The quantitative estimate of drug-likeness (QED) is 0.361. The number of pyridine rings is 1. The molecule has 2 N–H and O–H groups in total. The Kier molecular flexibility index (Phi) is 5.62. The molecule has 4 aromatic rings. The highest BCUT2D eigenvalue weighted by Crippen LogP contribution is 2.44. The summed E-state index contributed by atoms with van der Waals surface area (Å²) in [6.45, 7) is 8.39. The second-order valence-corrected chi connectivity index (χ2v) is 9.38. The average molecular weight is 469 g/mol. The molecule has 0 unspecified atom stereocenters. The summed E-state index contributed by atoms with van der Waals surface area (Å²) in [5.41, 5.74) is 8.40. The van der Waals surface area contributed by atoms with E-state index in [9.17, 15) is 5.11 Å². The van der Waals surface area contributed by atoms with E-state index in [-0.39, 0.29) is 17.8 Å². The molecule has 2 atom stereocenters. The lowest BCUT2D eigenvalue weighted by molar-refractivity contribution is 0.471. The second-order valence-electron chi connectivity index (χ2n) is 8.99. The molecule has 0 saturated carbocycles. The number of aryl methyl sites for hydroxylation is 3. The molecule has 172 valence electrons. The number of benzene rings is 2. The van der Waals surface area contributed by atoms with E-state index >= 15 is 0 Å². The van der Waals surface area contributed by atoms with E-state index < -0.39 is 0 Å². The van der Waals surface area contributed by atoms with Gasteiger partial charge in [0.2, 0.25) is 0 Å². The SMILES string of the molecule is Cc1cc(C)cc(N2C(=S)N[C@@H](c3ccccn3)[C@@H]2c2cc(C)n(-c3ccccc3O)c2C)c1. The summed E-state index contributed by atoms with van der Waals surface area (Å²) in [5, 5.41) is 14.8. The number of hydrogen-bond donors (Lipinski definition) is 2. The summed E-state index contributed by atoms with van der Waals surface area (Å²) in [6, 6.07) is 21.9. The van der Waals surface area contributed by atoms with Crippen molar-refractivity contribution in [3.8, 4) is 11.4 Å². The highest BCUT2D eigenvalue weighted by Gasteiger charge is 2.42. The fraction of sp³-hybridized carbons (Fsp3) is 0.214. The molecule has 1 saturated heterocycles. The lowest BCUT2D eigenvalue weighted by Crippen LogP contribution is -2.29. The van der Waals surface area contributed by atoms with E-state index in [1.165, 1.54) is 11.1 Å². The molecular formula is C28H28N4OS. The first-order valence-electron chi connectivity index (χ1n) is 11.4. The van der Waals surface area contributed by atoms with Gasteiger partial charge >= 0.3 is 0 Å². The Balaban J connectivity index is 1.71. The molecule has 3 heterocycles. The number of anilines is 1. The maximum Gasteiger partial charge on any atom is 0.174 e. The van der Waals surface area contributed by atoms with Crippen LogP contribution in [0.4, 0.5) is 5.69 Å². The van der Waals surface area contributed by atoms with Gasteiger partial charge in [0.05, 0.1) is 23.5 Å². The third-order valence-electron chi connectivity index (χ3n) is 6.49. The van der Waals surface area contributed by atoms with Crippen LogP contribution in [0.5, 0.6) is 5.75 Å². The highest BCUT2D eigenvalue weighted by atomic mass is 32.1. The van der Waals surface area contributed by atoms with Crippen LogP contribution in [0.2, 0.25) is 0 Å². The van der Waals surface area contributed by atoms with Crippen molar-refractivity contribution in [2.45, 2.75) is 39.8 Å². The summed E-state index contributed by atoms with van der Waals surface area (Å²) < 4.78 is 2.11. The summed E-state index contributed by atoms with van der Waals surface area (Å²) in [5.74, 6) is 0.253. The number of nitrogens with one attached hydrogen (secondary N) is 1. The number of aromatic nitrogens is 2. The van der Waals surface area contributed by atoms with Gasteiger partial charge in [-0.25, -0.2) is 0 Å². The molecule has 0 radical (unpaired) electrons. The maximum absolute atomic E-state index is 10.6. The van der Waals surface area contributed by atoms with Crippen LogP contribution in [0.3, 0.4) is 0 Å². The van der Waals surface area contributed by atoms with Crippen LogP contribution >= 0.6 is 12.2 Å². The van der Waals surface area contributed by atoms with Crippen molar-refractivity contribution >= 4 is 23.0 Å². The van der Waals surface area contributed by atoms with Gasteiger partial charge in [-0.1, -0.05) is 24.3 Å². The molecule has 6 heteroatoms. The van der Waals surface area contributed by atoms with Gasteiger partial charge in [-0.15, -0.1) is 0 Å². The molecule has 34 heavy (non-hydrogen) atoms.